The zero-order chi connectivity index (χ0) is 9.26. The smallest absolute Gasteiger partial charge is 0.192 e. The lowest BCUT2D eigenvalue weighted by Crippen LogP contribution is -2.10. The molecule has 0 unspecified atom stereocenters. The zero-order valence-corrected chi connectivity index (χ0v) is 8.12. The second-order valence-electron chi connectivity index (χ2n) is 3.46. The highest BCUT2D eigenvalue weighted by Gasteiger charge is 2.17. The van der Waals surface area contributed by atoms with Gasteiger partial charge >= 0.3 is 0 Å². The SMILES string of the molecule is Cc1ccccc1C1=[N+](C)C=CC1. The second-order valence-corrected chi connectivity index (χ2v) is 3.46. The summed E-state index contributed by atoms with van der Waals surface area (Å²) >= 11 is 0. The molecule has 0 fully saturated rings. The van der Waals surface area contributed by atoms with Gasteiger partial charge in [-0.15, -0.1) is 0 Å². The molecule has 1 aliphatic rings. The number of rotatable bonds is 1. The van der Waals surface area contributed by atoms with E-state index in [2.05, 4.69) is 55.1 Å². The van der Waals surface area contributed by atoms with E-state index in [1.165, 1.54) is 16.8 Å². The standard InChI is InChI=1S/C12H14N/c1-10-6-3-4-7-11(10)12-8-5-9-13(12)2/h3-7,9H,8H2,1-2H3/q+1. The van der Waals surface area contributed by atoms with E-state index in [1.54, 1.807) is 0 Å². The van der Waals surface area contributed by atoms with Gasteiger partial charge < -0.3 is 0 Å². The van der Waals surface area contributed by atoms with Crippen LogP contribution in [0.3, 0.4) is 0 Å². The molecule has 1 heterocycles. The maximum absolute atomic E-state index is 2.20. The van der Waals surface area contributed by atoms with E-state index in [9.17, 15) is 0 Å². The molecule has 2 rings (SSSR count). The molecular weight excluding hydrogens is 158 g/mol. The summed E-state index contributed by atoms with van der Waals surface area (Å²) in [6, 6.07) is 8.53. The van der Waals surface area contributed by atoms with Crippen LogP contribution in [0.4, 0.5) is 0 Å². The summed E-state index contributed by atoms with van der Waals surface area (Å²) in [7, 11) is 2.10. The Morgan fingerprint density at radius 3 is 2.62 bits per heavy atom. The normalized spacial score (nSPS) is 15.5. The molecule has 0 atom stereocenters. The Kier molecular flexibility index (Phi) is 2.01. The number of allylic oxidation sites excluding steroid dienone is 1. The van der Waals surface area contributed by atoms with Crippen LogP contribution in [-0.4, -0.2) is 17.3 Å². The van der Waals surface area contributed by atoms with E-state index >= 15 is 0 Å². The summed E-state index contributed by atoms with van der Waals surface area (Å²) in [6.45, 7) is 2.16. The van der Waals surface area contributed by atoms with Gasteiger partial charge in [-0.05, 0) is 24.6 Å². The van der Waals surface area contributed by atoms with E-state index in [4.69, 9.17) is 0 Å². The van der Waals surface area contributed by atoms with Crippen molar-refractivity contribution in [2.45, 2.75) is 13.3 Å². The van der Waals surface area contributed by atoms with E-state index in [0.717, 1.165) is 6.42 Å². The predicted molar refractivity (Wildman–Crippen MR) is 55.2 cm³/mol. The quantitative estimate of drug-likeness (QED) is 0.572. The molecule has 66 valence electrons. The molecule has 0 N–H and O–H groups in total. The van der Waals surface area contributed by atoms with Crippen molar-refractivity contribution in [2.24, 2.45) is 0 Å². The van der Waals surface area contributed by atoms with Crippen molar-refractivity contribution < 1.29 is 4.58 Å². The number of hydrogen-bond acceptors (Lipinski definition) is 0. The van der Waals surface area contributed by atoms with Gasteiger partial charge in [-0.3, -0.25) is 0 Å². The van der Waals surface area contributed by atoms with Gasteiger partial charge in [0.1, 0.15) is 7.05 Å². The van der Waals surface area contributed by atoms with Crippen LogP contribution in [-0.2, 0) is 0 Å². The molecule has 0 aromatic heterocycles. The molecular formula is C12H14N+. The molecule has 0 radical (unpaired) electrons. The predicted octanol–water partition coefficient (Wildman–Crippen LogP) is 2.34. The van der Waals surface area contributed by atoms with Gasteiger partial charge in [0.05, 0.1) is 6.42 Å². The summed E-state index contributed by atoms with van der Waals surface area (Å²) in [5.74, 6) is 0. The first-order valence-electron chi connectivity index (χ1n) is 4.60. The first-order valence-corrected chi connectivity index (χ1v) is 4.60. The van der Waals surface area contributed by atoms with Gasteiger partial charge in [-0.1, -0.05) is 18.2 Å². The van der Waals surface area contributed by atoms with E-state index in [1.807, 2.05) is 0 Å². The zero-order valence-electron chi connectivity index (χ0n) is 8.12. The highest BCUT2D eigenvalue weighted by Crippen LogP contribution is 2.13. The van der Waals surface area contributed by atoms with Crippen LogP contribution < -0.4 is 0 Å². The first-order chi connectivity index (χ1) is 6.29. The summed E-state index contributed by atoms with van der Waals surface area (Å²) < 4.78 is 2.20. The lowest BCUT2D eigenvalue weighted by atomic mass is 10.0. The minimum Gasteiger partial charge on any atom is -0.205 e. The fourth-order valence-corrected chi connectivity index (χ4v) is 1.75. The van der Waals surface area contributed by atoms with Gasteiger partial charge in [-0.2, -0.15) is 0 Å². The fourth-order valence-electron chi connectivity index (χ4n) is 1.75. The van der Waals surface area contributed by atoms with Gasteiger partial charge in [-0.25, -0.2) is 4.58 Å². The van der Waals surface area contributed by atoms with Crippen molar-refractivity contribution >= 4 is 5.71 Å². The van der Waals surface area contributed by atoms with Crippen LogP contribution in [0.2, 0.25) is 0 Å². The Hall–Kier alpha value is -1.37. The first kappa shape index (κ1) is 8.24. The average Bonchev–Trinajstić information content (AvgIpc) is 2.52. The molecule has 0 saturated carbocycles. The van der Waals surface area contributed by atoms with Crippen molar-refractivity contribution in [2.75, 3.05) is 7.05 Å². The summed E-state index contributed by atoms with van der Waals surface area (Å²) in [6.07, 6.45) is 5.38. The average molecular weight is 172 g/mol. The largest absolute Gasteiger partial charge is 0.205 e. The van der Waals surface area contributed by atoms with Gasteiger partial charge in [0, 0.05) is 5.56 Å². The number of aryl methyl sites for hydroxylation is 1. The molecule has 0 amide bonds. The minimum atomic E-state index is 1.06. The Labute approximate surface area is 79.0 Å². The van der Waals surface area contributed by atoms with E-state index in [0.29, 0.717) is 0 Å². The monoisotopic (exact) mass is 172 g/mol. The summed E-state index contributed by atoms with van der Waals surface area (Å²) in [4.78, 5) is 0. The third-order valence-corrected chi connectivity index (χ3v) is 2.52. The summed E-state index contributed by atoms with van der Waals surface area (Å²) in [5.41, 5.74) is 4.13. The summed E-state index contributed by atoms with van der Waals surface area (Å²) in [5, 5.41) is 0. The molecule has 13 heavy (non-hydrogen) atoms. The molecule has 1 aliphatic heterocycles. The molecule has 0 bridgehead atoms. The topological polar surface area (TPSA) is 3.01 Å². The third-order valence-electron chi connectivity index (χ3n) is 2.52. The Bertz CT molecular complexity index is 386. The minimum absolute atomic E-state index is 1.06. The van der Waals surface area contributed by atoms with Crippen molar-refractivity contribution in [1.82, 2.24) is 0 Å². The number of hydrogen-bond donors (Lipinski definition) is 0. The van der Waals surface area contributed by atoms with Crippen LogP contribution in [0.15, 0.2) is 36.5 Å². The van der Waals surface area contributed by atoms with Gasteiger partial charge in [0.15, 0.2) is 11.9 Å². The lowest BCUT2D eigenvalue weighted by molar-refractivity contribution is -0.418. The Morgan fingerprint density at radius 1 is 1.23 bits per heavy atom. The van der Waals surface area contributed by atoms with Gasteiger partial charge in [0.2, 0.25) is 0 Å². The molecule has 0 aliphatic carbocycles. The van der Waals surface area contributed by atoms with Crippen LogP contribution in [0, 0.1) is 6.92 Å². The Morgan fingerprint density at radius 2 is 2.00 bits per heavy atom. The maximum atomic E-state index is 2.20. The van der Waals surface area contributed by atoms with Crippen molar-refractivity contribution in [3.63, 3.8) is 0 Å². The van der Waals surface area contributed by atoms with Crippen LogP contribution in [0.25, 0.3) is 0 Å². The van der Waals surface area contributed by atoms with Crippen molar-refractivity contribution in [3.8, 4) is 0 Å². The Balaban J connectivity index is 2.48. The molecule has 1 heteroatoms. The van der Waals surface area contributed by atoms with E-state index < -0.39 is 0 Å². The number of nitrogens with zero attached hydrogens (tertiary/aromatic N) is 1. The third kappa shape index (κ3) is 1.42. The van der Waals surface area contributed by atoms with Crippen LogP contribution in [0.1, 0.15) is 17.5 Å². The second kappa shape index (κ2) is 3.17. The highest BCUT2D eigenvalue weighted by molar-refractivity contribution is 5.99. The van der Waals surface area contributed by atoms with Crippen LogP contribution >= 0.6 is 0 Å². The van der Waals surface area contributed by atoms with Crippen molar-refractivity contribution in [3.05, 3.63) is 47.7 Å². The van der Waals surface area contributed by atoms with Crippen LogP contribution in [0.5, 0.6) is 0 Å². The fraction of sp³-hybridized carbons (Fsp3) is 0.250. The molecule has 1 aromatic rings. The van der Waals surface area contributed by atoms with Crippen molar-refractivity contribution in [1.29, 1.82) is 0 Å². The molecule has 1 nitrogen and oxygen atoms in total. The molecule has 0 spiro atoms. The number of benzene rings is 1. The van der Waals surface area contributed by atoms with Gasteiger partial charge in [0.25, 0.3) is 0 Å². The highest BCUT2D eigenvalue weighted by atomic mass is 15.0. The molecule has 0 saturated heterocycles. The maximum Gasteiger partial charge on any atom is 0.192 e. The molecule has 1 aromatic carbocycles. The lowest BCUT2D eigenvalue weighted by Gasteiger charge is -2.01. The van der Waals surface area contributed by atoms with E-state index in [-0.39, 0.29) is 0 Å².